The van der Waals surface area contributed by atoms with Crippen molar-refractivity contribution in [3.63, 3.8) is 0 Å². The van der Waals surface area contributed by atoms with Crippen LogP contribution < -0.4 is 0 Å². The van der Waals surface area contributed by atoms with Gasteiger partial charge in [-0.05, 0) is 17.5 Å². The first-order valence-corrected chi connectivity index (χ1v) is 6.15. The Morgan fingerprint density at radius 2 is 2.12 bits per heavy atom. The van der Waals surface area contributed by atoms with Crippen molar-refractivity contribution in [1.29, 1.82) is 0 Å². The van der Waals surface area contributed by atoms with Crippen molar-refractivity contribution in [2.45, 2.75) is 19.8 Å². The second-order valence-electron chi connectivity index (χ2n) is 3.96. The average molecular weight is 255 g/mol. The molecule has 1 heterocycles. The molecule has 1 aromatic heterocycles. The van der Waals surface area contributed by atoms with Crippen LogP contribution in [-0.4, -0.2) is 11.1 Å². The molecule has 4 heteroatoms. The summed E-state index contributed by atoms with van der Waals surface area (Å²) in [6.07, 6.45) is 0. The monoisotopic (exact) mass is 254 g/mol. The van der Waals surface area contributed by atoms with Crippen molar-refractivity contribution >= 4 is 39.0 Å². The fraction of sp³-hybridized carbons (Fsp3) is 0.250. The maximum Gasteiger partial charge on any atom is 0.347 e. The molecule has 0 aliphatic carbocycles. The van der Waals surface area contributed by atoms with E-state index in [9.17, 15) is 4.79 Å². The Morgan fingerprint density at radius 3 is 2.69 bits per heavy atom. The summed E-state index contributed by atoms with van der Waals surface area (Å²) in [6, 6.07) is 5.91. The van der Waals surface area contributed by atoms with Gasteiger partial charge in [0, 0.05) is 10.1 Å². The van der Waals surface area contributed by atoms with E-state index >= 15 is 0 Å². The molecule has 16 heavy (non-hydrogen) atoms. The van der Waals surface area contributed by atoms with Crippen LogP contribution in [-0.2, 0) is 0 Å². The van der Waals surface area contributed by atoms with Gasteiger partial charge in [0.05, 0.1) is 5.02 Å². The maximum atomic E-state index is 10.9. The minimum Gasteiger partial charge on any atom is -0.477 e. The molecule has 0 unspecified atom stereocenters. The van der Waals surface area contributed by atoms with Crippen molar-refractivity contribution < 1.29 is 9.90 Å². The molecular formula is C12H11ClO2S. The minimum absolute atomic E-state index is 0.220. The molecule has 0 aliphatic heterocycles. The standard InChI is InChI=1S/C12H11ClO2S/c1-6(2)7-3-4-8-9(5-7)16-11(10(8)13)12(14)15/h3-6H,1-2H3,(H,14,15). The second kappa shape index (κ2) is 4.07. The molecule has 2 aromatic rings. The molecule has 0 amide bonds. The highest BCUT2D eigenvalue weighted by atomic mass is 35.5. The van der Waals surface area contributed by atoms with Gasteiger partial charge in [-0.15, -0.1) is 11.3 Å². The molecule has 1 aromatic carbocycles. The number of hydrogen-bond donors (Lipinski definition) is 1. The zero-order valence-corrected chi connectivity index (χ0v) is 10.5. The number of carbonyl (C=O) groups is 1. The summed E-state index contributed by atoms with van der Waals surface area (Å²) in [7, 11) is 0. The number of hydrogen-bond acceptors (Lipinski definition) is 2. The molecule has 84 valence electrons. The zero-order chi connectivity index (χ0) is 11.9. The predicted molar refractivity (Wildman–Crippen MR) is 67.9 cm³/mol. The highest BCUT2D eigenvalue weighted by Gasteiger charge is 2.16. The molecule has 0 saturated carbocycles. The van der Waals surface area contributed by atoms with Gasteiger partial charge >= 0.3 is 5.97 Å². The Labute approximate surface area is 102 Å². The average Bonchev–Trinajstić information content (AvgIpc) is 2.55. The maximum absolute atomic E-state index is 10.9. The predicted octanol–water partition coefficient (Wildman–Crippen LogP) is 4.38. The fourth-order valence-electron chi connectivity index (χ4n) is 1.58. The fourth-order valence-corrected chi connectivity index (χ4v) is 2.98. The smallest absolute Gasteiger partial charge is 0.347 e. The summed E-state index contributed by atoms with van der Waals surface area (Å²) in [6.45, 7) is 4.21. The summed E-state index contributed by atoms with van der Waals surface area (Å²) in [5, 5.41) is 10.1. The quantitative estimate of drug-likeness (QED) is 0.864. The zero-order valence-electron chi connectivity index (χ0n) is 8.95. The van der Waals surface area contributed by atoms with Gasteiger partial charge < -0.3 is 5.11 Å². The van der Waals surface area contributed by atoms with Gasteiger partial charge in [0.2, 0.25) is 0 Å². The second-order valence-corrected chi connectivity index (χ2v) is 5.39. The number of rotatable bonds is 2. The van der Waals surface area contributed by atoms with E-state index in [1.807, 2.05) is 18.2 Å². The number of carboxylic acids is 1. The molecule has 1 N–H and O–H groups in total. The van der Waals surface area contributed by atoms with Crippen molar-refractivity contribution in [1.82, 2.24) is 0 Å². The first kappa shape index (κ1) is 11.4. The molecule has 0 aliphatic rings. The first-order valence-electron chi connectivity index (χ1n) is 4.96. The Morgan fingerprint density at radius 1 is 1.44 bits per heavy atom. The number of benzene rings is 1. The van der Waals surface area contributed by atoms with E-state index < -0.39 is 5.97 Å². The first-order chi connectivity index (χ1) is 7.50. The third-order valence-electron chi connectivity index (χ3n) is 2.51. The third-order valence-corrected chi connectivity index (χ3v) is 4.16. The minimum atomic E-state index is -0.961. The van der Waals surface area contributed by atoms with Crippen LogP contribution in [0.2, 0.25) is 5.02 Å². The van der Waals surface area contributed by atoms with Gasteiger partial charge in [-0.25, -0.2) is 4.79 Å². The number of halogens is 1. The molecule has 0 saturated heterocycles. The molecular weight excluding hydrogens is 244 g/mol. The van der Waals surface area contributed by atoms with Crippen LogP contribution in [0.3, 0.4) is 0 Å². The summed E-state index contributed by atoms with van der Waals surface area (Å²) in [5.74, 6) is -0.532. The molecule has 0 bridgehead atoms. The van der Waals surface area contributed by atoms with Crippen molar-refractivity contribution in [3.8, 4) is 0 Å². The molecule has 0 spiro atoms. The van der Waals surface area contributed by atoms with E-state index in [-0.39, 0.29) is 4.88 Å². The molecule has 0 fully saturated rings. The highest BCUT2D eigenvalue weighted by molar-refractivity contribution is 7.21. The van der Waals surface area contributed by atoms with E-state index in [0.717, 1.165) is 10.1 Å². The van der Waals surface area contributed by atoms with Gasteiger partial charge in [-0.3, -0.25) is 0 Å². The summed E-state index contributed by atoms with van der Waals surface area (Å²) in [4.78, 5) is 11.2. The van der Waals surface area contributed by atoms with Crippen LogP contribution >= 0.6 is 22.9 Å². The van der Waals surface area contributed by atoms with Gasteiger partial charge in [0.25, 0.3) is 0 Å². The van der Waals surface area contributed by atoms with E-state index in [1.165, 1.54) is 16.9 Å². The topological polar surface area (TPSA) is 37.3 Å². The summed E-state index contributed by atoms with van der Waals surface area (Å²) < 4.78 is 0.939. The van der Waals surface area contributed by atoms with Gasteiger partial charge in [0.1, 0.15) is 4.88 Å². The van der Waals surface area contributed by atoms with E-state index in [0.29, 0.717) is 10.9 Å². The lowest BCUT2D eigenvalue weighted by Gasteiger charge is -2.04. The molecule has 2 rings (SSSR count). The normalized spacial score (nSPS) is 11.2. The molecule has 0 atom stereocenters. The van der Waals surface area contributed by atoms with Crippen molar-refractivity contribution in [2.75, 3.05) is 0 Å². The van der Waals surface area contributed by atoms with E-state index in [1.54, 1.807) is 0 Å². The largest absolute Gasteiger partial charge is 0.477 e. The van der Waals surface area contributed by atoms with Crippen LogP contribution in [0, 0.1) is 0 Å². The summed E-state index contributed by atoms with van der Waals surface area (Å²) in [5.41, 5.74) is 1.20. The SMILES string of the molecule is CC(C)c1ccc2c(Cl)c(C(=O)O)sc2c1. The lowest BCUT2D eigenvalue weighted by atomic mass is 10.0. The Balaban J connectivity index is 2.67. The molecule has 0 radical (unpaired) electrons. The number of aromatic carboxylic acids is 1. The lowest BCUT2D eigenvalue weighted by molar-refractivity contribution is 0.0702. The third kappa shape index (κ3) is 1.81. The number of fused-ring (bicyclic) bond motifs is 1. The van der Waals surface area contributed by atoms with Crippen LogP contribution in [0.5, 0.6) is 0 Å². The van der Waals surface area contributed by atoms with Crippen molar-refractivity contribution in [2.24, 2.45) is 0 Å². The summed E-state index contributed by atoms with van der Waals surface area (Å²) >= 11 is 7.25. The number of carboxylic acid groups (broad SMARTS) is 1. The Hall–Kier alpha value is -1.06. The Kier molecular flexibility index (Phi) is 2.91. The highest BCUT2D eigenvalue weighted by Crippen LogP contribution is 2.36. The van der Waals surface area contributed by atoms with E-state index in [2.05, 4.69) is 13.8 Å². The van der Waals surface area contributed by atoms with Crippen LogP contribution in [0.25, 0.3) is 10.1 Å². The van der Waals surface area contributed by atoms with Crippen molar-refractivity contribution in [3.05, 3.63) is 33.7 Å². The van der Waals surface area contributed by atoms with E-state index in [4.69, 9.17) is 16.7 Å². The van der Waals surface area contributed by atoms with Crippen LogP contribution in [0.15, 0.2) is 18.2 Å². The lowest BCUT2D eigenvalue weighted by Crippen LogP contribution is -1.91. The van der Waals surface area contributed by atoms with Crippen LogP contribution in [0.1, 0.15) is 35.0 Å². The van der Waals surface area contributed by atoms with Gasteiger partial charge in [0.15, 0.2) is 0 Å². The van der Waals surface area contributed by atoms with Gasteiger partial charge in [-0.2, -0.15) is 0 Å². The Bertz CT molecular complexity index is 557. The van der Waals surface area contributed by atoms with Crippen LogP contribution in [0.4, 0.5) is 0 Å². The molecule has 2 nitrogen and oxygen atoms in total. The number of thiophene rings is 1. The van der Waals surface area contributed by atoms with Gasteiger partial charge in [-0.1, -0.05) is 37.6 Å².